The summed E-state index contributed by atoms with van der Waals surface area (Å²) in [6, 6.07) is 14.7. The summed E-state index contributed by atoms with van der Waals surface area (Å²) in [7, 11) is 0. The van der Waals surface area contributed by atoms with Crippen molar-refractivity contribution in [1.29, 1.82) is 0 Å². The highest BCUT2D eigenvalue weighted by molar-refractivity contribution is 7.20. The van der Waals surface area contributed by atoms with Gasteiger partial charge in [0.05, 0.1) is 0 Å². The Kier molecular flexibility index (Phi) is 4.34. The third kappa shape index (κ3) is 3.73. The number of nitrogens with one attached hydrogen (secondary N) is 1. The van der Waals surface area contributed by atoms with Crippen LogP contribution in [0, 0.1) is 5.82 Å². The number of amides is 1. The molecule has 2 aromatic carbocycles. The maximum absolute atomic E-state index is 12.8. The Balaban J connectivity index is 1.57. The van der Waals surface area contributed by atoms with Crippen molar-refractivity contribution < 1.29 is 18.7 Å². The average Bonchev–Trinajstić information content (AvgIpc) is 2.99. The number of halogens is 1. The molecule has 1 amide bonds. The number of thiophene rings is 1. The van der Waals surface area contributed by atoms with Crippen molar-refractivity contribution in [3.05, 3.63) is 65.3 Å². The maximum Gasteiger partial charge on any atom is 0.348 e. The van der Waals surface area contributed by atoms with Crippen LogP contribution in [0.5, 0.6) is 0 Å². The van der Waals surface area contributed by atoms with Crippen LogP contribution < -0.4 is 5.32 Å². The van der Waals surface area contributed by atoms with E-state index in [1.807, 2.05) is 24.3 Å². The Labute approximate surface area is 135 Å². The van der Waals surface area contributed by atoms with Crippen LogP contribution in [0.25, 0.3) is 10.1 Å². The molecule has 1 aromatic heterocycles. The first kappa shape index (κ1) is 15.2. The van der Waals surface area contributed by atoms with Gasteiger partial charge in [-0.2, -0.15) is 0 Å². The van der Waals surface area contributed by atoms with Crippen molar-refractivity contribution in [1.82, 2.24) is 0 Å². The number of hydrogen-bond acceptors (Lipinski definition) is 4. The second kappa shape index (κ2) is 6.58. The van der Waals surface area contributed by atoms with E-state index in [0.29, 0.717) is 10.6 Å². The molecular formula is C17H12FNO3S. The number of esters is 1. The number of carbonyl (C=O) groups is 2. The predicted molar refractivity (Wildman–Crippen MR) is 87.1 cm³/mol. The SMILES string of the molecule is O=C(COC(=O)c1cc2ccccc2s1)Nc1ccc(F)cc1. The Morgan fingerprint density at radius 3 is 2.57 bits per heavy atom. The van der Waals surface area contributed by atoms with Gasteiger partial charge in [-0.15, -0.1) is 11.3 Å². The van der Waals surface area contributed by atoms with Crippen molar-refractivity contribution in [3.8, 4) is 0 Å². The molecule has 0 radical (unpaired) electrons. The van der Waals surface area contributed by atoms with Gasteiger partial charge < -0.3 is 10.1 Å². The molecular weight excluding hydrogens is 317 g/mol. The molecule has 0 fully saturated rings. The van der Waals surface area contributed by atoms with Crippen molar-refractivity contribution in [2.75, 3.05) is 11.9 Å². The number of rotatable bonds is 4. The van der Waals surface area contributed by atoms with Gasteiger partial charge in [0.25, 0.3) is 5.91 Å². The lowest BCUT2D eigenvalue weighted by Crippen LogP contribution is -2.20. The van der Waals surface area contributed by atoms with Crippen LogP contribution in [0.4, 0.5) is 10.1 Å². The topological polar surface area (TPSA) is 55.4 Å². The molecule has 0 aliphatic carbocycles. The van der Waals surface area contributed by atoms with E-state index in [4.69, 9.17) is 4.74 Å². The van der Waals surface area contributed by atoms with Crippen LogP contribution in [0.3, 0.4) is 0 Å². The van der Waals surface area contributed by atoms with Crippen molar-refractivity contribution in [3.63, 3.8) is 0 Å². The molecule has 116 valence electrons. The van der Waals surface area contributed by atoms with Crippen LogP contribution in [-0.2, 0) is 9.53 Å². The standard InChI is InChI=1S/C17H12FNO3S/c18-12-5-7-13(8-6-12)19-16(20)10-22-17(21)15-9-11-3-1-2-4-14(11)23-15/h1-9H,10H2,(H,19,20). The third-order valence-corrected chi connectivity index (χ3v) is 4.19. The normalized spacial score (nSPS) is 10.5. The maximum atomic E-state index is 12.8. The second-order valence-corrected chi connectivity index (χ2v) is 5.86. The highest BCUT2D eigenvalue weighted by atomic mass is 32.1. The van der Waals surface area contributed by atoms with Gasteiger partial charge in [-0.25, -0.2) is 9.18 Å². The lowest BCUT2D eigenvalue weighted by Gasteiger charge is -2.05. The summed E-state index contributed by atoms with van der Waals surface area (Å²) in [5, 5.41) is 3.48. The molecule has 4 nitrogen and oxygen atoms in total. The molecule has 3 aromatic rings. The van der Waals surface area contributed by atoms with Gasteiger partial charge >= 0.3 is 5.97 Å². The fourth-order valence-electron chi connectivity index (χ4n) is 2.01. The smallest absolute Gasteiger partial charge is 0.348 e. The number of hydrogen-bond donors (Lipinski definition) is 1. The molecule has 0 spiro atoms. The summed E-state index contributed by atoms with van der Waals surface area (Å²) in [5.74, 6) is -1.41. The molecule has 0 aliphatic heterocycles. The number of carbonyl (C=O) groups excluding carboxylic acids is 2. The molecule has 0 saturated carbocycles. The fraction of sp³-hybridized carbons (Fsp3) is 0.0588. The summed E-state index contributed by atoms with van der Waals surface area (Å²) >= 11 is 1.31. The first-order chi connectivity index (χ1) is 11.1. The third-order valence-electron chi connectivity index (χ3n) is 3.09. The van der Waals surface area contributed by atoms with Gasteiger partial charge in [0.1, 0.15) is 10.7 Å². The minimum Gasteiger partial charge on any atom is -0.451 e. The highest BCUT2D eigenvalue weighted by Crippen LogP contribution is 2.25. The molecule has 3 rings (SSSR count). The predicted octanol–water partition coefficient (Wildman–Crippen LogP) is 3.84. The van der Waals surface area contributed by atoms with Gasteiger partial charge in [-0.3, -0.25) is 4.79 Å². The monoisotopic (exact) mass is 329 g/mol. The van der Waals surface area contributed by atoms with E-state index in [0.717, 1.165) is 10.1 Å². The average molecular weight is 329 g/mol. The van der Waals surface area contributed by atoms with E-state index >= 15 is 0 Å². The molecule has 6 heteroatoms. The van der Waals surface area contributed by atoms with Gasteiger partial charge in [-0.1, -0.05) is 18.2 Å². The first-order valence-corrected chi connectivity index (χ1v) is 7.64. The Bertz CT molecular complexity index is 825. The molecule has 0 unspecified atom stereocenters. The summed E-state index contributed by atoms with van der Waals surface area (Å²) < 4.78 is 18.8. The Morgan fingerprint density at radius 1 is 1.09 bits per heavy atom. The van der Waals surface area contributed by atoms with E-state index in [1.54, 1.807) is 6.07 Å². The second-order valence-electron chi connectivity index (χ2n) is 4.78. The number of anilines is 1. The van der Waals surface area contributed by atoms with Crippen LogP contribution in [-0.4, -0.2) is 18.5 Å². The zero-order valence-electron chi connectivity index (χ0n) is 11.9. The van der Waals surface area contributed by atoms with E-state index in [1.165, 1.54) is 35.6 Å². The largest absolute Gasteiger partial charge is 0.451 e. The molecule has 0 saturated heterocycles. The highest BCUT2D eigenvalue weighted by Gasteiger charge is 2.13. The molecule has 1 heterocycles. The van der Waals surface area contributed by atoms with Gasteiger partial charge in [0, 0.05) is 10.4 Å². The van der Waals surface area contributed by atoms with Crippen LogP contribution in [0.2, 0.25) is 0 Å². The first-order valence-electron chi connectivity index (χ1n) is 6.83. The molecule has 0 aliphatic rings. The quantitative estimate of drug-likeness (QED) is 0.740. The molecule has 1 N–H and O–H groups in total. The van der Waals surface area contributed by atoms with E-state index < -0.39 is 18.5 Å². The van der Waals surface area contributed by atoms with Crippen molar-refractivity contribution in [2.45, 2.75) is 0 Å². The fourth-order valence-corrected chi connectivity index (χ4v) is 2.97. The summed E-state index contributed by atoms with van der Waals surface area (Å²) in [6.45, 7) is -0.398. The van der Waals surface area contributed by atoms with E-state index in [-0.39, 0.29) is 5.82 Å². The zero-order valence-corrected chi connectivity index (χ0v) is 12.7. The Hall–Kier alpha value is -2.73. The number of ether oxygens (including phenoxy) is 1. The van der Waals surface area contributed by atoms with Crippen LogP contribution in [0.15, 0.2) is 54.6 Å². The lowest BCUT2D eigenvalue weighted by atomic mass is 10.2. The van der Waals surface area contributed by atoms with Gasteiger partial charge in [0.15, 0.2) is 6.61 Å². The molecule has 0 bridgehead atoms. The Morgan fingerprint density at radius 2 is 1.83 bits per heavy atom. The summed E-state index contributed by atoms with van der Waals surface area (Å²) in [6.07, 6.45) is 0. The van der Waals surface area contributed by atoms with E-state index in [2.05, 4.69) is 5.32 Å². The minimum atomic E-state index is -0.541. The van der Waals surface area contributed by atoms with Crippen molar-refractivity contribution >= 4 is 39.0 Å². The number of benzene rings is 2. The number of fused-ring (bicyclic) bond motifs is 1. The zero-order chi connectivity index (χ0) is 16.2. The summed E-state index contributed by atoms with van der Waals surface area (Å²) in [4.78, 5) is 24.1. The lowest BCUT2D eigenvalue weighted by molar-refractivity contribution is -0.119. The van der Waals surface area contributed by atoms with Crippen LogP contribution in [0.1, 0.15) is 9.67 Å². The van der Waals surface area contributed by atoms with Gasteiger partial charge in [-0.05, 0) is 41.8 Å². The molecule has 23 heavy (non-hydrogen) atoms. The van der Waals surface area contributed by atoms with E-state index in [9.17, 15) is 14.0 Å². The van der Waals surface area contributed by atoms with Gasteiger partial charge in [0.2, 0.25) is 0 Å². The minimum absolute atomic E-state index is 0.390. The van der Waals surface area contributed by atoms with Crippen LogP contribution >= 0.6 is 11.3 Å². The molecule has 0 atom stereocenters. The summed E-state index contributed by atoms with van der Waals surface area (Å²) in [5.41, 5.74) is 0.439. The van der Waals surface area contributed by atoms with Crippen molar-refractivity contribution in [2.24, 2.45) is 0 Å².